The van der Waals surface area contributed by atoms with Crippen LogP contribution in [0, 0.1) is 12.8 Å². The number of ether oxygens (including phenoxy) is 1. The minimum atomic E-state index is -0.852. The number of terminal acetylenes is 1. The Balaban J connectivity index is 0.00000175. The van der Waals surface area contributed by atoms with Crippen LogP contribution in [0.4, 0.5) is 15.3 Å². The zero-order chi connectivity index (χ0) is 31.5. The lowest BCUT2D eigenvalue weighted by Gasteiger charge is -2.42. The van der Waals surface area contributed by atoms with E-state index >= 15 is 0 Å². The molecule has 1 saturated carbocycles. The van der Waals surface area contributed by atoms with E-state index in [0.717, 1.165) is 35.1 Å². The second-order valence-corrected chi connectivity index (χ2v) is 11.7. The van der Waals surface area contributed by atoms with Crippen molar-refractivity contribution in [3.8, 4) is 12.8 Å². The van der Waals surface area contributed by atoms with E-state index < -0.39 is 12.1 Å². The van der Waals surface area contributed by atoms with Gasteiger partial charge in [0.2, 0.25) is 0 Å². The molecule has 9 heteroatoms. The number of carbonyl (C=O) groups is 3. The lowest BCUT2D eigenvalue weighted by molar-refractivity contribution is -0.146. The first-order valence-corrected chi connectivity index (χ1v) is 15.4. The minimum absolute atomic E-state index is 0.187. The van der Waals surface area contributed by atoms with Gasteiger partial charge in [-0.25, -0.2) is 19.6 Å². The van der Waals surface area contributed by atoms with E-state index in [-0.39, 0.29) is 24.0 Å². The number of nitrogens with zero attached hydrogens (tertiary/aromatic N) is 4. The summed E-state index contributed by atoms with van der Waals surface area (Å²) in [5.41, 5.74) is 12.0. The van der Waals surface area contributed by atoms with Crippen LogP contribution >= 0.6 is 0 Å². The first kappa shape index (κ1) is 30.0. The maximum Gasteiger partial charge on any atom is 0.419 e. The predicted octanol–water partition coefficient (Wildman–Crippen LogP) is 5.18. The molecule has 230 valence electrons. The number of hydrazine groups is 1. The zero-order valence-corrected chi connectivity index (χ0v) is 25.1. The van der Waals surface area contributed by atoms with Crippen molar-refractivity contribution in [2.75, 3.05) is 18.0 Å². The number of hydrogen-bond donors (Lipinski definition) is 1. The van der Waals surface area contributed by atoms with Crippen LogP contribution in [0.25, 0.3) is 0 Å². The largest absolute Gasteiger partial charge is 0.419 e. The second kappa shape index (κ2) is 12.9. The van der Waals surface area contributed by atoms with E-state index in [2.05, 4.69) is 18.9 Å². The number of para-hydroxylation sites is 1. The molecule has 3 aromatic carbocycles. The molecule has 0 unspecified atom stereocenters. The van der Waals surface area contributed by atoms with E-state index in [4.69, 9.17) is 10.5 Å². The molecule has 45 heavy (non-hydrogen) atoms. The molecule has 0 spiro atoms. The number of rotatable bonds is 4. The van der Waals surface area contributed by atoms with Crippen molar-refractivity contribution in [2.45, 2.75) is 56.8 Å². The molecule has 0 aromatic heterocycles. The molecule has 1 saturated heterocycles. The predicted molar refractivity (Wildman–Crippen MR) is 171 cm³/mol. The minimum Gasteiger partial charge on any atom is -0.418 e. The Hall–Kier alpha value is -5.07. The molecule has 1 aliphatic carbocycles. The van der Waals surface area contributed by atoms with Crippen molar-refractivity contribution in [1.82, 2.24) is 14.9 Å². The van der Waals surface area contributed by atoms with Crippen molar-refractivity contribution < 1.29 is 19.1 Å². The number of benzene rings is 3. The normalized spacial score (nSPS) is 21.3. The third-order valence-corrected chi connectivity index (χ3v) is 9.00. The molecule has 3 aliphatic heterocycles. The Labute approximate surface area is 263 Å². The standard InChI is InChI=1S/C34H35N5O4.C2H2/c35-20-28-18-25-10-4-5-12-27(25)21-36(28)33(41)37-17-16-30(24-8-2-1-3-9-24)39(37)32(40)31-19-26-11-6-7-13-29(26)38(31)34(42)43-22-23-14-15-23;1-2/h1-13,22,28,30-31H,14-21,35H2;1-2H/t28-,30+,31-;/m1./s1. The quantitative estimate of drug-likeness (QED) is 0.328. The molecule has 0 bridgehead atoms. The fraction of sp³-hybridized carbons (Fsp3) is 0.306. The molecule has 3 heterocycles. The van der Waals surface area contributed by atoms with Crippen LogP contribution in [0.5, 0.6) is 0 Å². The number of carbonyl (C=O) groups excluding carboxylic acids is 3. The average Bonchev–Trinajstić information content (AvgIpc) is 3.69. The van der Waals surface area contributed by atoms with Crippen molar-refractivity contribution in [1.29, 1.82) is 0 Å². The van der Waals surface area contributed by atoms with E-state index in [1.807, 2.05) is 72.8 Å². The Morgan fingerprint density at radius 1 is 0.867 bits per heavy atom. The smallest absolute Gasteiger partial charge is 0.418 e. The lowest BCUT2D eigenvalue weighted by atomic mass is 9.94. The summed E-state index contributed by atoms with van der Waals surface area (Å²) in [6.45, 7) is 1.11. The molecular formula is C36H37N5O4. The number of anilines is 1. The van der Waals surface area contributed by atoms with Gasteiger partial charge >= 0.3 is 12.1 Å². The Kier molecular flexibility index (Phi) is 8.58. The second-order valence-electron chi connectivity index (χ2n) is 11.7. The Morgan fingerprint density at radius 3 is 2.24 bits per heavy atom. The summed E-state index contributed by atoms with van der Waals surface area (Å²) in [7, 11) is 0. The van der Waals surface area contributed by atoms with E-state index in [1.54, 1.807) is 14.9 Å². The van der Waals surface area contributed by atoms with Gasteiger partial charge in [0.05, 0.1) is 24.0 Å². The Bertz CT molecular complexity index is 1630. The number of nitrogens with two attached hydrogens (primary N) is 1. The van der Waals surface area contributed by atoms with Crippen LogP contribution in [0.2, 0.25) is 0 Å². The summed E-state index contributed by atoms with van der Waals surface area (Å²) in [5.74, 6) is -0.311. The molecule has 3 aromatic rings. The topological polar surface area (TPSA) is 99.4 Å². The number of fused-ring (bicyclic) bond motifs is 2. The molecule has 9 nitrogen and oxygen atoms in total. The zero-order valence-electron chi connectivity index (χ0n) is 25.1. The van der Waals surface area contributed by atoms with Gasteiger partial charge in [-0.15, -0.1) is 12.8 Å². The van der Waals surface area contributed by atoms with Crippen molar-refractivity contribution in [3.63, 3.8) is 0 Å². The highest BCUT2D eigenvalue weighted by Gasteiger charge is 2.49. The summed E-state index contributed by atoms with van der Waals surface area (Å²) < 4.78 is 5.54. The molecule has 0 radical (unpaired) electrons. The first-order valence-electron chi connectivity index (χ1n) is 15.4. The summed E-state index contributed by atoms with van der Waals surface area (Å²) in [5, 5.41) is 3.18. The average molecular weight is 604 g/mol. The highest BCUT2D eigenvalue weighted by Crippen LogP contribution is 2.39. The van der Waals surface area contributed by atoms with Crippen molar-refractivity contribution in [2.24, 2.45) is 5.73 Å². The van der Waals surface area contributed by atoms with Crippen LogP contribution in [-0.2, 0) is 28.9 Å². The summed E-state index contributed by atoms with van der Waals surface area (Å²) in [4.78, 5) is 45.9. The van der Waals surface area contributed by atoms with Gasteiger partial charge in [-0.05, 0) is 59.6 Å². The van der Waals surface area contributed by atoms with Gasteiger partial charge in [-0.2, -0.15) is 0 Å². The monoisotopic (exact) mass is 603 g/mol. The third kappa shape index (κ3) is 5.77. The van der Waals surface area contributed by atoms with E-state index in [0.29, 0.717) is 44.6 Å². The first-order chi connectivity index (χ1) is 22.0. The molecule has 4 amide bonds. The highest BCUT2D eigenvalue weighted by molar-refractivity contribution is 6.01. The highest BCUT2D eigenvalue weighted by atomic mass is 16.5. The van der Waals surface area contributed by atoms with E-state index in [9.17, 15) is 14.4 Å². The maximum absolute atomic E-state index is 14.7. The summed E-state index contributed by atoms with van der Waals surface area (Å²) in [6.07, 6.45) is 12.3. The molecule has 7 rings (SSSR count). The van der Waals surface area contributed by atoms with Gasteiger partial charge in [-0.3, -0.25) is 9.69 Å². The van der Waals surface area contributed by atoms with Crippen LogP contribution < -0.4 is 10.6 Å². The van der Waals surface area contributed by atoms with Gasteiger partial charge in [-0.1, -0.05) is 72.8 Å². The van der Waals surface area contributed by atoms with Crippen molar-refractivity contribution >= 4 is 23.7 Å². The molecule has 4 aliphatic rings. The van der Waals surface area contributed by atoms with Crippen LogP contribution in [0.15, 0.2) is 90.7 Å². The van der Waals surface area contributed by atoms with E-state index in [1.165, 1.54) is 16.7 Å². The van der Waals surface area contributed by atoms with Gasteiger partial charge in [0, 0.05) is 26.1 Å². The molecular weight excluding hydrogens is 566 g/mol. The van der Waals surface area contributed by atoms with Crippen LogP contribution in [0.1, 0.15) is 47.6 Å². The Morgan fingerprint density at radius 2 is 1.53 bits per heavy atom. The summed E-state index contributed by atoms with van der Waals surface area (Å²) >= 11 is 0. The number of allylic oxidation sites excluding steroid dienone is 1. The van der Waals surface area contributed by atoms with Crippen molar-refractivity contribution in [3.05, 3.63) is 113 Å². The fourth-order valence-electron chi connectivity index (χ4n) is 6.60. The molecule has 3 atom stereocenters. The van der Waals surface area contributed by atoms with Crippen LogP contribution in [0.3, 0.4) is 0 Å². The van der Waals surface area contributed by atoms with Gasteiger partial charge < -0.3 is 15.4 Å². The molecule has 2 fully saturated rings. The van der Waals surface area contributed by atoms with Crippen LogP contribution in [-0.4, -0.2) is 58.1 Å². The lowest BCUT2D eigenvalue weighted by Crippen LogP contribution is -2.59. The fourth-order valence-corrected chi connectivity index (χ4v) is 6.60. The third-order valence-electron chi connectivity index (χ3n) is 9.00. The molecule has 2 N–H and O–H groups in total. The van der Waals surface area contributed by atoms with Gasteiger partial charge in [0.15, 0.2) is 0 Å². The number of urea groups is 1. The van der Waals surface area contributed by atoms with Gasteiger partial charge in [0.1, 0.15) is 6.04 Å². The SMILES string of the molecule is C#C.NC[C@H]1Cc2ccccc2CN1C(=O)N1CC[C@@H](c2ccccc2)N1C(=O)[C@H]1Cc2ccccc2N1C(=O)OC=C1CC1. The number of hydrogen-bond acceptors (Lipinski definition) is 5. The summed E-state index contributed by atoms with van der Waals surface area (Å²) in [6, 6.07) is 23.8. The number of amides is 4. The maximum atomic E-state index is 14.7. The van der Waals surface area contributed by atoms with Gasteiger partial charge in [0.25, 0.3) is 5.91 Å².